The van der Waals surface area contributed by atoms with Gasteiger partial charge in [-0.1, -0.05) is 24.5 Å². The first kappa shape index (κ1) is 8.98. The second-order valence-electron chi connectivity index (χ2n) is 4.44. The number of carbonyl (C=O) groups excluding carboxylic acids is 1. The smallest absolute Gasteiger partial charge is 0.137 e. The second-order valence-corrected chi connectivity index (χ2v) is 4.44. The summed E-state index contributed by atoms with van der Waals surface area (Å²) in [6.45, 7) is 2.28. The minimum atomic E-state index is 0.466. The SMILES string of the molecule is CCC1CCC2=C(CCC(=O)C2)C1. The van der Waals surface area contributed by atoms with E-state index in [9.17, 15) is 4.79 Å². The number of hydrogen-bond acceptors (Lipinski definition) is 1. The Kier molecular flexibility index (Phi) is 2.52. The zero-order valence-electron chi connectivity index (χ0n) is 8.44. The van der Waals surface area contributed by atoms with Crippen LogP contribution in [0.15, 0.2) is 11.1 Å². The Labute approximate surface area is 80.2 Å². The van der Waals surface area contributed by atoms with E-state index in [0.717, 1.165) is 25.2 Å². The van der Waals surface area contributed by atoms with E-state index >= 15 is 0 Å². The van der Waals surface area contributed by atoms with Crippen LogP contribution in [-0.4, -0.2) is 5.78 Å². The van der Waals surface area contributed by atoms with Gasteiger partial charge in [0.1, 0.15) is 5.78 Å². The molecular weight excluding hydrogens is 160 g/mol. The maximum atomic E-state index is 11.2. The molecule has 0 heterocycles. The van der Waals surface area contributed by atoms with Crippen molar-refractivity contribution in [1.82, 2.24) is 0 Å². The minimum Gasteiger partial charge on any atom is -0.299 e. The third kappa shape index (κ3) is 1.84. The van der Waals surface area contributed by atoms with Gasteiger partial charge in [-0.15, -0.1) is 0 Å². The van der Waals surface area contributed by atoms with Crippen molar-refractivity contribution in [2.24, 2.45) is 5.92 Å². The third-order valence-corrected chi connectivity index (χ3v) is 3.58. The molecule has 13 heavy (non-hydrogen) atoms. The molecule has 0 aromatic rings. The van der Waals surface area contributed by atoms with E-state index < -0.39 is 0 Å². The van der Waals surface area contributed by atoms with E-state index in [1.165, 1.54) is 31.3 Å². The van der Waals surface area contributed by atoms with Crippen molar-refractivity contribution < 1.29 is 4.79 Å². The number of ketones is 1. The van der Waals surface area contributed by atoms with Crippen LogP contribution < -0.4 is 0 Å². The molecule has 0 saturated carbocycles. The van der Waals surface area contributed by atoms with E-state index in [0.29, 0.717) is 5.78 Å². The summed E-state index contributed by atoms with van der Waals surface area (Å²) in [5.74, 6) is 1.38. The lowest BCUT2D eigenvalue weighted by Crippen LogP contribution is -2.17. The van der Waals surface area contributed by atoms with Crippen molar-refractivity contribution in [1.29, 1.82) is 0 Å². The Morgan fingerprint density at radius 3 is 2.85 bits per heavy atom. The number of hydrogen-bond donors (Lipinski definition) is 0. The number of rotatable bonds is 1. The van der Waals surface area contributed by atoms with E-state index in [1.807, 2.05) is 0 Å². The van der Waals surface area contributed by atoms with Gasteiger partial charge in [0.25, 0.3) is 0 Å². The molecule has 0 amide bonds. The van der Waals surface area contributed by atoms with Gasteiger partial charge < -0.3 is 0 Å². The van der Waals surface area contributed by atoms with Crippen molar-refractivity contribution in [3.8, 4) is 0 Å². The van der Waals surface area contributed by atoms with Crippen LogP contribution in [0, 0.1) is 5.92 Å². The highest BCUT2D eigenvalue weighted by Crippen LogP contribution is 2.37. The van der Waals surface area contributed by atoms with Crippen LogP contribution in [-0.2, 0) is 4.79 Å². The normalized spacial score (nSPS) is 29.0. The van der Waals surface area contributed by atoms with Crippen LogP contribution >= 0.6 is 0 Å². The highest BCUT2D eigenvalue weighted by molar-refractivity contribution is 5.82. The molecule has 0 spiro atoms. The molecule has 0 aliphatic heterocycles. The van der Waals surface area contributed by atoms with E-state index in [4.69, 9.17) is 0 Å². The fraction of sp³-hybridized carbons (Fsp3) is 0.750. The molecule has 0 N–H and O–H groups in total. The molecule has 0 aromatic carbocycles. The Morgan fingerprint density at radius 2 is 2.08 bits per heavy atom. The predicted molar refractivity (Wildman–Crippen MR) is 53.5 cm³/mol. The van der Waals surface area contributed by atoms with Crippen LogP contribution in [0.5, 0.6) is 0 Å². The fourth-order valence-electron chi connectivity index (χ4n) is 2.61. The highest BCUT2D eigenvalue weighted by Gasteiger charge is 2.24. The lowest BCUT2D eigenvalue weighted by atomic mass is 9.76. The molecule has 0 saturated heterocycles. The molecule has 0 radical (unpaired) electrons. The summed E-state index contributed by atoms with van der Waals surface area (Å²) < 4.78 is 0. The van der Waals surface area contributed by atoms with Crippen molar-refractivity contribution in [2.45, 2.75) is 51.9 Å². The van der Waals surface area contributed by atoms with E-state index in [-0.39, 0.29) is 0 Å². The standard InChI is InChI=1S/C12H18O/c1-2-9-3-4-11-8-12(13)6-5-10(11)7-9/h9H,2-8H2,1H3. The molecule has 0 bridgehead atoms. The molecule has 1 nitrogen and oxygen atoms in total. The summed E-state index contributed by atoms with van der Waals surface area (Å²) in [5.41, 5.74) is 3.14. The summed E-state index contributed by atoms with van der Waals surface area (Å²) >= 11 is 0. The van der Waals surface area contributed by atoms with Crippen LogP contribution in [0.2, 0.25) is 0 Å². The summed E-state index contributed by atoms with van der Waals surface area (Å²) in [7, 11) is 0. The van der Waals surface area contributed by atoms with E-state index in [2.05, 4.69) is 6.92 Å². The summed E-state index contributed by atoms with van der Waals surface area (Å²) in [5, 5.41) is 0. The summed E-state index contributed by atoms with van der Waals surface area (Å²) in [4.78, 5) is 11.2. The van der Waals surface area contributed by atoms with Crippen LogP contribution in [0.4, 0.5) is 0 Å². The van der Waals surface area contributed by atoms with E-state index in [1.54, 1.807) is 5.57 Å². The van der Waals surface area contributed by atoms with Crippen LogP contribution in [0.1, 0.15) is 51.9 Å². The van der Waals surface area contributed by atoms with Crippen molar-refractivity contribution in [2.75, 3.05) is 0 Å². The molecule has 1 unspecified atom stereocenters. The number of Topliss-reactive ketones (excluding diaryl/α,β-unsaturated/α-hetero) is 1. The first-order valence-electron chi connectivity index (χ1n) is 5.51. The molecule has 0 fully saturated rings. The zero-order valence-corrected chi connectivity index (χ0v) is 8.44. The minimum absolute atomic E-state index is 0.466. The summed E-state index contributed by atoms with van der Waals surface area (Å²) in [6, 6.07) is 0. The maximum Gasteiger partial charge on any atom is 0.137 e. The Bertz CT molecular complexity index is 250. The molecule has 2 rings (SSSR count). The first-order valence-corrected chi connectivity index (χ1v) is 5.51. The topological polar surface area (TPSA) is 17.1 Å². The zero-order chi connectivity index (χ0) is 9.26. The van der Waals surface area contributed by atoms with Gasteiger partial charge in [-0.3, -0.25) is 4.79 Å². The van der Waals surface area contributed by atoms with Gasteiger partial charge in [0.15, 0.2) is 0 Å². The lowest BCUT2D eigenvalue weighted by Gasteiger charge is -2.29. The van der Waals surface area contributed by atoms with Crippen LogP contribution in [0.25, 0.3) is 0 Å². The lowest BCUT2D eigenvalue weighted by molar-refractivity contribution is -0.118. The molecule has 1 heteroatoms. The van der Waals surface area contributed by atoms with Crippen molar-refractivity contribution in [3.05, 3.63) is 11.1 Å². The van der Waals surface area contributed by atoms with Crippen molar-refractivity contribution in [3.63, 3.8) is 0 Å². The number of carbonyl (C=O) groups is 1. The van der Waals surface area contributed by atoms with Crippen LogP contribution in [0.3, 0.4) is 0 Å². The Hall–Kier alpha value is -0.590. The van der Waals surface area contributed by atoms with Crippen molar-refractivity contribution >= 4 is 5.78 Å². The molecule has 2 aliphatic rings. The monoisotopic (exact) mass is 178 g/mol. The quantitative estimate of drug-likeness (QED) is 0.563. The Balaban J connectivity index is 2.09. The average molecular weight is 178 g/mol. The molecule has 2 aliphatic carbocycles. The average Bonchev–Trinajstić information content (AvgIpc) is 2.17. The fourth-order valence-corrected chi connectivity index (χ4v) is 2.61. The van der Waals surface area contributed by atoms with Gasteiger partial charge in [-0.05, 0) is 31.6 Å². The van der Waals surface area contributed by atoms with Gasteiger partial charge in [-0.25, -0.2) is 0 Å². The first-order chi connectivity index (χ1) is 6.29. The molecule has 1 atom stereocenters. The van der Waals surface area contributed by atoms with Gasteiger partial charge in [0, 0.05) is 12.8 Å². The Morgan fingerprint density at radius 1 is 1.23 bits per heavy atom. The van der Waals surface area contributed by atoms with Gasteiger partial charge in [0.05, 0.1) is 0 Å². The second kappa shape index (κ2) is 3.65. The highest BCUT2D eigenvalue weighted by atomic mass is 16.1. The molecule has 0 aromatic heterocycles. The van der Waals surface area contributed by atoms with Gasteiger partial charge in [-0.2, -0.15) is 0 Å². The summed E-state index contributed by atoms with van der Waals surface area (Å²) in [6.07, 6.45) is 7.80. The van der Waals surface area contributed by atoms with Gasteiger partial charge in [0.2, 0.25) is 0 Å². The molecular formula is C12H18O. The third-order valence-electron chi connectivity index (χ3n) is 3.58. The maximum absolute atomic E-state index is 11.2. The molecule has 72 valence electrons. The van der Waals surface area contributed by atoms with Gasteiger partial charge >= 0.3 is 0 Å². The number of allylic oxidation sites excluding steroid dienone is 2. The predicted octanol–water partition coefficient (Wildman–Crippen LogP) is 3.25. The largest absolute Gasteiger partial charge is 0.299 e.